The van der Waals surface area contributed by atoms with Crippen molar-refractivity contribution in [3.63, 3.8) is 0 Å². The number of fused-ring (bicyclic) bond motifs is 2. The van der Waals surface area contributed by atoms with E-state index in [1.165, 1.54) is 28.6 Å². The van der Waals surface area contributed by atoms with Gasteiger partial charge in [0.05, 0.1) is 0 Å². The molecular formula is C15H16N6. The van der Waals surface area contributed by atoms with Gasteiger partial charge in [0.1, 0.15) is 5.82 Å². The van der Waals surface area contributed by atoms with Gasteiger partial charge in [-0.25, -0.2) is 0 Å². The number of anilines is 1. The number of hydrogen-bond acceptors (Lipinski definition) is 5. The maximum absolute atomic E-state index is 4.31. The Labute approximate surface area is 122 Å². The molecule has 0 saturated carbocycles. The lowest BCUT2D eigenvalue weighted by atomic mass is 9.98. The highest BCUT2D eigenvalue weighted by molar-refractivity contribution is 5.42. The van der Waals surface area contributed by atoms with Crippen LogP contribution in [0.15, 0.2) is 36.4 Å². The molecule has 0 aliphatic heterocycles. The first kappa shape index (κ1) is 12.3. The summed E-state index contributed by atoms with van der Waals surface area (Å²) in [6, 6.07) is 12.5. The van der Waals surface area contributed by atoms with Crippen LogP contribution in [0.1, 0.15) is 29.9 Å². The van der Waals surface area contributed by atoms with Gasteiger partial charge in [0.25, 0.3) is 0 Å². The highest BCUT2D eigenvalue weighted by Gasteiger charge is 2.21. The van der Waals surface area contributed by atoms with Crippen molar-refractivity contribution in [3.8, 4) is 0 Å². The molecule has 2 heterocycles. The summed E-state index contributed by atoms with van der Waals surface area (Å²) >= 11 is 0. The largest absolute Gasteiger partial charge is 0.369 e. The maximum atomic E-state index is 4.31. The minimum atomic E-state index is 0.658. The summed E-state index contributed by atoms with van der Waals surface area (Å²) in [6.07, 6.45) is 3.57. The molecule has 0 bridgehead atoms. The fourth-order valence-corrected chi connectivity index (χ4v) is 3.06. The van der Waals surface area contributed by atoms with Crippen LogP contribution >= 0.6 is 0 Å². The van der Waals surface area contributed by atoms with E-state index in [1.807, 2.05) is 12.1 Å². The highest BCUT2D eigenvalue weighted by atomic mass is 15.6. The fraction of sp³-hybridized carbons (Fsp3) is 0.333. The smallest absolute Gasteiger partial charge is 0.200 e. The zero-order valence-corrected chi connectivity index (χ0v) is 11.6. The van der Waals surface area contributed by atoms with Crippen molar-refractivity contribution < 1.29 is 0 Å². The SMILES string of the molecule is c1ccc2c(c1)CCC2CCNc1ccc2nnnn2n1. The van der Waals surface area contributed by atoms with Crippen LogP contribution in [-0.2, 0) is 6.42 Å². The predicted octanol–water partition coefficient (Wildman–Crippen LogP) is 2.05. The zero-order chi connectivity index (χ0) is 14.1. The first-order valence-electron chi connectivity index (χ1n) is 7.27. The van der Waals surface area contributed by atoms with Crippen molar-refractivity contribution in [2.75, 3.05) is 11.9 Å². The molecule has 0 fully saturated rings. The number of nitrogens with zero attached hydrogens (tertiary/aromatic N) is 5. The molecule has 0 spiro atoms. The lowest BCUT2D eigenvalue weighted by Crippen LogP contribution is -2.09. The van der Waals surface area contributed by atoms with E-state index in [-0.39, 0.29) is 0 Å². The number of benzene rings is 1. The molecule has 1 atom stereocenters. The third kappa shape index (κ3) is 2.33. The topological polar surface area (TPSA) is 68.0 Å². The molecule has 6 nitrogen and oxygen atoms in total. The number of rotatable bonds is 4. The van der Waals surface area contributed by atoms with Crippen LogP contribution in [0.4, 0.5) is 5.82 Å². The molecule has 1 unspecified atom stereocenters. The van der Waals surface area contributed by atoms with Crippen molar-refractivity contribution in [3.05, 3.63) is 47.5 Å². The quantitative estimate of drug-likeness (QED) is 0.792. The molecule has 0 saturated heterocycles. The van der Waals surface area contributed by atoms with Crippen LogP contribution in [0.3, 0.4) is 0 Å². The van der Waals surface area contributed by atoms with Crippen LogP contribution in [0.25, 0.3) is 5.65 Å². The molecule has 1 aliphatic carbocycles. The van der Waals surface area contributed by atoms with Gasteiger partial charge < -0.3 is 5.32 Å². The highest BCUT2D eigenvalue weighted by Crippen LogP contribution is 2.34. The number of nitrogens with one attached hydrogen (secondary N) is 1. The molecule has 0 radical (unpaired) electrons. The van der Waals surface area contributed by atoms with E-state index >= 15 is 0 Å². The molecule has 1 aromatic carbocycles. The molecule has 1 N–H and O–H groups in total. The lowest BCUT2D eigenvalue weighted by molar-refractivity contribution is 0.635. The Bertz CT molecular complexity index is 765. The molecule has 2 aromatic heterocycles. The second-order valence-electron chi connectivity index (χ2n) is 5.39. The van der Waals surface area contributed by atoms with Crippen molar-refractivity contribution in [1.29, 1.82) is 0 Å². The monoisotopic (exact) mass is 280 g/mol. The van der Waals surface area contributed by atoms with Gasteiger partial charge in [0.2, 0.25) is 0 Å². The van der Waals surface area contributed by atoms with Crippen LogP contribution in [0.5, 0.6) is 0 Å². The second kappa shape index (κ2) is 5.12. The third-order valence-corrected chi connectivity index (χ3v) is 4.13. The van der Waals surface area contributed by atoms with E-state index in [0.717, 1.165) is 18.8 Å². The summed E-state index contributed by atoms with van der Waals surface area (Å²) in [7, 11) is 0. The van der Waals surface area contributed by atoms with Crippen molar-refractivity contribution in [2.45, 2.75) is 25.2 Å². The summed E-state index contributed by atoms with van der Waals surface area (Å²) in [5, 5.41) is 18.9. The normalized spacial score (nSPS) is 17.0. The van der Waals surface area contributed by atoms with E-state index in [0.29, 0.717) is 11.6 Å². The van der Waals surface area contributed by atoms with Gasteiger partial charge in [-0.15, -0.1) is 14.8 Å². The molecule has 21 heavy (non-hydrogen) atoms. The molecule has 3 aromatic rings. The Kier molecular flexibility index (Phi) is 2.99. The van der Waals surface area contributed by atoms with Crippen LogP contribution < -0.4 is 5.32 Å². The molecule has 106 valence electrons. The molecule has 6 heteroatoms. The lowest BCUT2D eigenvalue weighted by Gasteiger charge is -2.12. The number of hydrogen-bond donors (Lipinski definition) is 1. The number of aromatic nitrogens is 5. The first-order valence-corrected chi connectivity index (χ1v) is 7.27. The number of aryl methyl sites for hydroxylation is 1. The summed E-state index contributed by atoms with van der Waals surface area (Å²) in [5.41, 5.74) is 3.68. The summed E-state index contributed by atoms with van der Waals surface area (Å²) < 4.78 is 1.44. The van der Waals surface area contributed by atoms with Gasteiger partial charge in [0, 0.05) is 6.54 Å². The van der Waals surface area contributed by atoms with Gasteiger partial charge >= 0.3 is 0 Å². The van der Waals surface area contributed by atoms with Crippen LogP contribution in [-0.4, -0.2) is 31.8 Å². The molecule has 0 amide bonds. The van der Waals surface area contributed by atoms with E-state index < -0.39 is 0 Å². The third-order valence-electron chi connectivity index (χ3n) is 4.13. The van der Waals surface area contributed by atoms with E-state index in [2.05, 4.69) is 50.2 Å². The molecular weight excluding hydrogens is 264 g/mol. The zero-order valence-electron chi connectivity index (χ0n) is 11.6. The Morgan fingerprint density at radius 3 is 3.14 bits per heavy atom. The van der Waals surface area contributed by atoms with Gasteiger partial charge in [0.15, 0.2) is 5.65 Å². The van der Waals surface area contributed by atoms with E-state index in [1.54, 1.807) is 0 Å². The average Bonchev–Trinajstić information content (AvgIpc) is 3.14. The second-order valence-corrected chi connectivity index (χ2v) is 5.39. The predicted molar refractivity (Wildman–Crippen MR) is 79.2 cm³/mol. The van der Waals surface area contributed by atoms with Gasteiger partial charge in [-0.2, -0.15) is 0 Å². The van der Waals surface area contributed by atoms with Crippen LogP contribution in [0, 0.1) is 0 Å². The minimum absolute atomic E-state index is 0.658. The van der Waals surface area contributed by atoms with Gasteiger partial charge in [-0.05, 0) is 58.9 Å². The van der Waals surface area contributed by atoms with E-state index in [9.17, 15) is 0 Å². The Morgan fingerprint density at radius 1 is 1.19 bits per heavy atom. The fourth-order valence-electron chi connectivity index (χ4n) is 3.06. The molecule has 4 rings (SSSR count). The van der Waals surface area contributed by atoms with Gasteiger partial charge in [-0.1, -0.05) is 24.3 Å². The van der Waals surface area contributed by atoms with Crippen molar-refractivity contribution in [1.82, 2.24) is 25.3 Å². The molecule has 1 aliphatic rings. The summed E-state index contributed by atoms with van der Waals surface area (Å²) in [6.45, 7) is 0.902. The maximum Gasteiger partial charge on any atom is 0.200 e. The summed E-state index contributed by atoms with van der Waals surface area (Å²) in [5.74, 6) is 1.46. The standard InChI is InChI=1S/C15H16N6/c1-2-4-13-11(3-1)5-6-12(13)9-10-16-14-7-8-15-17-19-20-21(15)18-14/h1-4,7-8,12H,5-6,9-10H2,(H,16,18). The average molecular weight is 280 g/mol. The van der Waals surface area contributed by atoms with Crippen molar-refractivity contribution >= 4 is 11.5 Å². The summed E-state index contributed by atoms with van der Waals surface area (Å²) in [4.78, 5) is 0. The Morgan fingerprint density at radius 2 is 2.14 bits per heavy atom. The first-order chi connectivity index (χ1) is 10.4. The van der Waals surface area contributed by atoms with Crippen LogP contribution in [0.2, 0.25) is 0 Å². The minimum Gasteiger partial charge on any atom is -0.369 e. The van der Waals surface area contributed by atoms with Gasteiger partial charge in [-0.3, -0.25) is 0 Å². The number of tetrazole rings is 1. The Hall–Kier alpha value is -2.50. The Balaban J connectivity index is 1.39. The van der Waals surface area contributed by atoms with Crippen molar-refractivity contribution in [2.24, 2.45) is 0 Å². The van der Waals surface area contributed by atoms with E-state index in [4.69, 9.17) is 0 Å².